The molecule has 0 aliphatic heterocycles. The molecule has 2 rings (SSSR count). The zero-order chi connectivity index (χ0) is 13.9. The minimum atomic E-state index is 0.140. The lowest BCUT2D eigenvalue weighted by Gasteiger charge is -2.23. The van der Waals surface area contributed by atoms with E-state index in [2.05, 4.69) is 43.2 Å². The number of hydrogen-bond acceptors (Lipinski definition) is 3. The summed E-state index contributed by atoms with van der Waals surface area (Å²) in [6.07, 6.45) is 2.82. The average Bonchev–Trinajstić information content (AvgIpc) is 2.34. The largest absolute Gasteiger partial charge is 0.368 e. The molecule has 0 bridgehead atoms. The summed E-state index contributed by atoms with van der Waals surface area (Å²) in [5, 5.41) is 5.72. The molecule has 3 heteroatoms. The highest BCUT2D eigenvalue weighted by Gasteiger charge is 2.15. The summed E-state index contributed by atoms with van der Waals surface area (Å²) in [7, 11) is 0. The van der Waals surface area contributed by atoms with E-state index in [4.69, 9.17) is 5.73 Å². The number of nitrogens with one attached hydrogen (secondary N) is 1. The second kappa shape index (κ2) is 5.57. The Kier molecular flexibility index (Phi) is 4.05. The molecule has 0 spiro atoms. The van der Waals surface area contributed by atoms with Gasteiger partial charge >= 0.3 is 0 Å². The molecular formula is C16H23N3. The molecule has 0 saturated carbocycles. The normalized spacial score (nSPS) is 13.5. The maximum absolute atomic E-state index is 6.16. The van der Waals surface area contributed by atoms with E-state index in [1.165, 1.54) is 5.39 Å². The Hall–Kier alpha value is -1.61. The number of aromatic nitrogens is 1. The van der Waals surface area contributed by atoms with Crippen LogP contribution in [0.5, 0.6) is 0 Å². The van der Waals surface area contributed by atoms with Gasteiger partial charge in [0, 0.05) is 24.2 Å². The van der Waals surface area contributed by atoms with Gasteiger partial charge in [0.15, 0.2) is 0 Å². The predicted molar refractivity (Wildman–Crippen MR) is 82.3 cm³/mol. The van der Waals surface area contributed by atoms with E-state index in [0.717, 1.165) is 24.2 Å². The number of nitrogens with two attached hydrogens (primary N) is 1. The van der Waals surface area contributed by atoms with E-state index in [1.54, 1.807) is 0 Å². The van der Waals surface area contributed by atoms with Gasteiger partial charge < -0.3 is 11.1 Å². The van der Waals surface area contributed by atoms with Crippen LogP contribution in [-0.4, -0.2) is 17.6 Å². The van der Waals surface area contributed by atoms with E-state index in [1.807, 2.05) is 24.4 Å². The molecule has 0 aliphatic rings. The lowest BCUT2D eigenvalue weighted by molar-refractivity contribution is 0.344. The van der Waals surface area contributed by atoms with Crippen LogP contribution in [0.1, 0.15) is 27.2 Å². The average molecular weight is 257 g/mol. The highest BCUT2D eigenvalue weighted by molar-refractivity contribution is 5.91. The minimum absolute atomic E-state index is 0.140. The highest BCUT2D eigenvalue weighted by atomic mass is 15.0. The number of fused-ring (bicyclic) bond motifs is 1. The summed E-state index contributed by atoms with van der Waals surface area (Å²) in [6, 6.07) is 10.4. The lowest BCUT2D eigenvalue weighted by atomic mass is 9.88. The fraction of sp³-hybridized carbons (Fsp3) is 0.438. The van der Waals surface area contributed by atoms with E-state index < -0.39 is 0 Å². The summed E-state index contributed by atoms with van der Waals surface area (Å²) in [4.78, 5) is 4.41. The molecule has 0 fully saturated rings. The molecule has 0 amide bonds. The molecule has 102 valence electrons. The molecule has 2 aromatic rings. The van der Waals surface area contributed by atoms with Gasteiger partial charge in [0.1, 0.15) is 5.82 Å². The first-order chi connectivity index (χ1) is 8.96. The Balaban J connectivity index is 2.06. The number of rotatable bonds is 4. The fourth-order valence-corrected chi connectivity index (χ4v) is 2.35. The summed E-state index contributed by atoms with van der Waals surface area (Å²) in [6.45, 7) is 7.38. The maximum Gasteiger partial charge on any atom is 0.133 e. The van der Waals surface area contributed by atoms with Gasteiger partial charge in [-0.3, -0.25) is 0 Å². The Morgan fingerprint density at radius 3 is 2.68 bits per heavy atom. The van der Waals surface area contributed by atoms with Gasteiger partial charge in [0.25, 0.3) is 0 Å². The smallest absolute Gasteiger partial charge is 0.133 e. The van der Waals surface area contributed by atoms with Crippen molar-refractivity contribution in [2.24, 2.45) is 11.1 Å². The molecule has 1 heterocycles. The quantitative estimate of drug-likeness (QED) is 0.882. The SMILES string of the molecule is CC(C)(C)CC(N)CNc1nccc2ccccc12. The molecule has 1 unspecified atom stereocenters. The third-order valence-electron chi connectivity index (χ3n) is 3.08. The van der Waals surface area contributed by atoms with Gasteiger partial charge in [-0.15, -0.1) is 0 Å². The first-order valence-electron chi connectivity index (χ1n) is 6.79. The first kappa shape index (κ1) is 13.8. The molecular weight excluding hydrogens is 234 g/mol. The third kappa shape index (κ3) is 3.93. The van der Waals surface area contributed by atoms with Gasteiger partial charge in [-0.25, -0.2) is 4.98 Å². The standard InChI is InChI=1S/C16H23N3/c1-16(2,3)10-13(17)11-19-15-14-7-5-4-6-12(14)8-9-18-15/h4-9,13H,10-11,17H2,1-3H3,(H,18,19). The van der Waals surface area contributed by atoms with Crippen molar-refractivity contribution >= 4 is 16.6 Å². The van der Waals surface area contributed by atoms with Crippen LogP contribution in [0.3, 0.4) is 0 Å². The van der Waals surface area contributed by atoms with Crippen molar-refractivity contribution in [1.29, 1.82) is 0 Å². The first-order valence-corrected chi connectivity index (χ1v) is 6.79. The Morgan fingerprint density at radius 1 is 1.21 bits per heavy atom. The number of pyridine rings is 1. The summed E-state index contributed by atoms with van der Waals surface area (Å²) in [5.74, 6) is 0.919. The molecule has 0 saturated heterocycles. The van der Waals surface area contributed by atoms with E-state index >= 15 is 0 Å². The molecule has 0 aliphatic carbocycles. The van der Waals surface area contributed by atoms with Crippen LogP contribution in [0, 0.1) is 5.41 Å². The third-order valence-corrected chi connectivity index (χ3v) is 3.08. The van der Waals surface area contributed by atoms with E-state index in [9.17, 15) is 0 Å². The maximum atomic E-state index is 6.16. The Bertz CT molecular complexity index is 538. The molecule has 1 aromatic carbocycles. The zero-order valence-electron chi connectivity index (χ0n) is 12.0. The van der Waals surface area contributed by atoms with Crippen molar-refractivity contribution in [3.8, 4) is 0 Å². The molecule has 19 heavy (non-hydrogen) atoms. The van der Waals surface area contributed by atoms with Gasteiger partial charge in [0.2, 0.25) is 0 Å². The van der Waals surface area contributed by atoms with Crippen molar-refractivity contribution in [3.05, 3.63) is 36.5 Å². The lowest BCUT2D eigenvalue weighted by Crippen LogP contribution is -2.33. The summed E-state index contributed by atoms with van der Waals surface area (Å²) >= 11 is 0. The highest BCUT2D eigenvalue weighted by Crippen LogP contribution is 2.22. The van der Waals surface area contributed by atoms with Crippen molar-refractivity contribution < 1.29 is 0 Å². The summed E-state index contributed by atoms with van der Waals surface area (Å²) < 4.78 is 0. The van der Waals surface area contributed by atoms with Gasteiger partial charge in [-0.1, -0.05) is 45.0 Å². The topological polar surface area (TPSA) is 50.9 Å². The number of hydrogen-bond donors (Lipinski definition) is 2. The van der Waals surface area contributed by atoms with Crippen LogP contribution >= 0.6 is 0 Å². The van der Waals surface area contributed by atoms with Crippen molar-refractivity contribution in [2.75, 3.05) is 11.9 Å². The molecule has 1 aromatic heterocycles. The van der Waals surface area contributed by atoms with Gasteiger partial charge in [0.05, 0.1) is 0 Å². The van der Waals surface area contributed by atoms with Crippen molar-refractivity contribution in [2.45, 2.75) is 33.2 Å². The number of benzene rings is 1. The van der Waals surface area contributed by atoms with Crippen molar-refractivity contribution in [1.82, 2.24) is 4.98 Å². The van der Waals surface area contributed by atoms with Gasteiger partial charge in [-0.05, 0) is 23.3 Å². The van der Waals surface area contributed by atoms with E-state index in [0.29, 0.717) is 0 Å². The molecule has 3 N–H and O–H groups in total. The second-order valence-electron chi connectivity index (χ2n) is 6.29. The van der Waals surface area contributed by atoms with Crippen molar-refractivity contribution in [3.63, 3.8) is 0 Å². The van der Waals surface area contributed by atoms with Crippen LogP contribution in [0.15, 0.2) is 36.5 Å². The van der Waals surface area contributed by atoms with E-state index in [-0.39, 0.29) is 11.5 Å². The van der Waals surface area contributed by atoms with Crippen LogP contribution < -0.4 is 11.1 Å². The fourth-order valence-electron chi connectivity index (χ4n) is 2.35. The Morgan fingerprint density at radius 2 is 1.95 bits per heavy atom. The second-order valence-corrected chi connectivity index (χ2v) is 6.29. The molecule has 0 radical (unpaired) electrons. The monoisotopic (exact) mass is 257 g/mol. The predicted octanol–water partition coefficient (Wildman–Crippen LogP) is 3.41. The molecule has 3 nitrogen and oxygen atoms in total. The van der Waals surface area contributed by atoms with Crippen LogP contribution in [0.2, 0.25) is 0 Å². The Labute approximate surface area is 115 Å². The zero-order valence-corrected chi connectivity index (χ0v) is 12.0. The van der Waals surface area contributed by atoms with Crippen LogP contribution in [0.4, 0.5) is 5.82 Å². The van der Waals surface area contributed by atoms with Crippen LogP contribution in [-0.2, 0) is 0 Å². The number of nitrogens with zero attached hydrogens (tertiary/aromatic N) is 1. The van der Waals surface area contributed by atoms with Gasteiger partial charge in [-0.2, -0.15) is 0 Å². The number of anilines is 1. The molecule has 1 atom stereocenters. The van der Waals surface area contributed by atoms with Crippen LogP contribution in [0.25, 0.3) is 10.8 Å². The summed E-state index contributed by atoms with van der Waals surface area (Å²) in [5.41, 5.74) is 6.42. The minimum Gasteiger partial charge on any atom is -0.368 e.